The highest BCUT2D eigenvalue weighted by Gasteiger charge is 2.68. The third kappa shape index (κ3) is 3.76. The molecule has 3 aliphatic carbocycles. The van der Waals surface area contributed by atoms with Crippen molar-refractivity contribution in [2.24, 2.45) is 17.3 Å². The van der Waals surface area contributed by atoms with Gasteiger partial charge in [0.25, 0.3) is 0 Å². The van der Waals surface area contributed by atoms with E-state index in [4.69, 9.17) is 19.5 Å². The molecule has 4 fully saturated rings. The molecule has 1 aliphatic heterocycles. The third-order valence-corrected chi connectivity index (χ3v) is 8.96. The summed E-state index contributed by atoms with van der Waals surface area (Å²) < 4.78 is 19.1. The molecule has 2 heterocycles. The maximum Gasteiger partial charge on any atom is 0.482 e. The van der Waals surface area contributed by atoms with E-state index in [-0.39, 0.29) is 35.4 Å². The second kappa shape index (κ2) is 8.14. The zero-order chi connectivity index (χ0) is 24.4. The SMILES string of the molecule is CC1(C)C2CC1[C@]1(C)OB(C(Cc3coc4ccccc34)NC(=O)Cc3cccc(N)c3)O[C@@H]1C2. The van der Waals surface area contributed by atoms with Crippen molar-refractivity contribution in [3.8, 4) is 0 Å². The second-order valence-electron chi connectivity index (χ2n) is 11.4. The van der Waals surface area contributed by atoms with E-state index in [1.807, 2.05) is 42.5 Å². The first-order valence-electron chi connectivity index (χ1n) is 12.7. The molecule has 3 aromatic rings. The Hall–Kier alpha value is -2.77. The van der Waals surface area contributed by atoms with Crippen LogP contribution >= 0.6 is 0 Å². The first-order valence-corrected chi connectivity index (χ1v) is 12.7. The van der Waals surface area contributed by atoms with Gasteiger partial charge in [0.15, 0.2) is 0 Å². The fourth-order valence-electron chi connectivity index (χ4n) is 6.86. The molecule has 2 bridgehead atoms. The number of hydrogen-bond donors (Lipinski definition) is 2. The number of carbonyl (C=O) groups is 1. The van der Waals surface area contributed by atoms with E-state index in [2.05, 4.69) is 32.2 Å². The monoisotopic (exact) mass is 472 g/mol. The smallest absolute Gasteiger partial charge is 0.464 e. The number of rotatable bonds is 6. The van der Waals surface area contributed by atoms with E-state index in [1.165, 1.54) is 6.42 Å². The molecule has 0 radical (unpaired) electrons. The van der Waals surface area contributed by atoms with Crippen molar-refractivity contribution in [1.82, 2.24) is 5.32 Å². The van der Waals surface area contributed by atoms with Crippen LogP contribution in [0.1, 0.15) is 44.7 Å². The lowest BCUT2D eigenvalue weighted by Gasteiger charge is -2.64. The van der Waals surface area contributed by atoms with Crippen LogP contribution in [0, 0.1) is 17.3 Å². The van der Waals surface area contributed by atoms with Gasteiger partial charge in [-0.1, -0.05) is 44.2 Å². The van der Waals surface area contributed by atoms with Crippen LogP contribution in [0.4, 0.5) is 5.69 Å². The van der Waals surface area contributed by atoms with E-state index in [0.29, 0.717) is 23.9 Å². The summed E-state index contributed by atoms with van der Waals surface area (Å²) in [7, 11) is -0.515. The zero-order valence-electron chi connectivity index (χ0n) is 20.6. The summed E-state index contributed by atoms with van der Waals surface area (Å²) in [4.78, 5) is 13.2. The molecule has 2 aromatic carbocycles. The van der Waals surface area contributed by atoms with Gasteiger partial charge in [0.05, 0.1) is 30.3 Å². The minimum absolute atomic E-state index is 0.0543. The summed E-state index contributed by atoms with van der Waals surface area (Å²) in [6, 6.07) is 15.4. The Bertz CT molecular complexity index is 1270. The lowest BCUT2D eigenvalue weighted by Crippen LogP contribution is -2.65. The molecule has 1 saturated heterocycles. The predicted octanol–water partition coefficient (Wildman–Crippen LogP) is 4.55. The van der Waals surface area contributed by atoms with Crippen molar-refractivity contribution in [3.05, 3.63) is 65.9 Å². The normalized spacial score (nSPS) is 29.5. The van der Waals surface area contributed by atoms with Crippen molar-refractivity contribution in [2.45, 2.75) is 64.1 Å². The van der Waals surface area contributed by atoms with Crippen LogP contribution in [0.5, 0.6) is 0 Å². The molecule has 7 rings (SSSR count). The van der Waals surface area contributed by atoms with Crippen LogP contribution in [0.2, 0.25) is 0 Å². The number of para-hydroxylation sites is 1. The van der Waals surface area contributed by atoms with Gasteiger partial charge >= 0.3 is 7.12 Å². The van der Waals surface area contributed by atoms with Crippen LogP contribution in [-0.4, -0.2) is 30.7 Å². The standard InChI is InChI=1S/C28H33BN2O4/c1-27(2)19-14-23(27)28(3)24(15-19)34-29(35-28)25(13-18-16-33-22-10-5-4-9-21(18)22)31-26(32)12-17-7-6-8-20(30)11-17/h4-11,16,19,23-25H,12-15,30H2,1-3H3,(H,31,32)/t19?,23?,24-,25?,28+/m1/s1. The Morgan fingerprint density at radius 1 is 1.17 bits per heavy atom. The molecule has 6 nitrogen and oxygen atoms in total. The molecule has 182 valence electrons. The van der Waals surface area contributed by atoms with Crippen molar-refractivity contribution >= 4 is 29.7 Å². The van der Waals surface area contributed by atoms with Gasteiger partial charge in [-0.25, -0.2) is 0 Å². The fourth-order valence-corrected chi connectivity index (χ4v) is 6.86. The molecule has 3 unspecified atom stereocenters. The third-order valence-electron chi connectivity index (χ3n) is 8.96. The van der Waals surface area contributed by atoms with Gasteiger partial charge in [0, 0.05) is 11.1 Å². The van der Waals surface area contributed by atoms with Crippen LogP contribution in [-0.2, 0) is 26.9 Å². The molecule has 1 amide bonds. The first-order chi connectivity index (χ1) is 16.7. The van der Waals surface area contributed by atoms with Gasteiger partial charge in [-0.3, -0.25) is 4.79 Å². The van der Waals surface area contributed by atoms with Crippen molar-refractivity contribution in [2.75, 3.05) is 5.73 Å². The number of fused-ring (bicyclic) bond motifs is 1. The largest absolute Gasteiger partial charge is 0.482 e. The van der Waals surface area contributed by atoms with Gasteiger partial charge in [-0.05, 0) is 72.8 Å². The number of anilines is 1. The molecule has 5 atom stereocenters. The second-order valence-corrected chi connectivity index (χ2v) is 11.4. The highest BCUT2D eigenvalue weighted by molar-refractivity contribution is 6.48. The summed E-state index contributed by atoms with van der Waals surface area (Å²) in [5.41, 5.74) is 9.24. The van der Waals surface area contributed by atoms with Crippen molar-refractivity contribution in [3.63, 3.8) is 0 Å². The lowest BCUT2D eigenvalue weighted by atomic mass is 9.43. The molecule has 0 spiro atoms. The molecule has 4 aliphatic rings. The maximum atomic E-state index is 13.2. The van der Waals surface area contributed by atoms with Crippen LogP contribution in [0.25, 0.3) is 11.0 Å². The van der Waals surface area contributed by atoms with Gasteiger partial charge in [-0.2, -0.15) is 0 Å². The summed E-state index contributed by atoms with van der Waals surface area (Å²) in [6.45, 7) is 6.91. The number of nitrogens with two attached hydrogens (primary N) is 1. The minimum Gasteiger partial charge on any atom is -0.464 e. The van der Waals surface area contributed by atoms with Crippen LogP contribution in [0.15, 0.2) is 59.2 Å². The van der Waals surface area contributed by atoms with E-state index in [9.17, 15) is 4.79 Å². The lowest BCUT2D eigenvalue weighted by molar-refractivity contribution is -0.199. The van der Waals surface area contributed by atoms with Crippen LogP contribution in [0.3, 0.4) is 0 Å². The molecule has 35 heavy (non-hydrogen) atoms. The van der Waals surface area contributed by atoms with Crippen LogP contribution < -0.4 is 11.1 Å². The molecular weight excluding hydrogens is 439 g/mol. The molecule has 1 aromatic heterocycles. The van der Waals surface area contributed by atoms with Gasteiger partial charge in [0.2, 0.25) is 5.91 Å². The Morgan fingerprint density at radius 3 is 2.80 bits per heavy atom. The predicted molar refractivity (Wildman–Crippen MR) is 137 cm³/mol. The Balaban J connectivity index is 1.26. The number of nitrogen functional groups attached to an aromatic ring is 1. The average Bonchev–Trinajstić information content (AvgIpc) is 3.39. The van der Waals surface area contributed by atoms with E-state index >= 15 is 0 Å². The number of hydrogen-bond acceptors (Lipinski definition) is 5. The highest BCUT2D eigenvalue weighted by Crippen LogP contribution is 2.65. The summed E-state index contributed by atoms with van der Waals surface area (Å²) in [6.07, 6.45) is 4.84. The van der Waals surface area contributed by atoms with E-state index in [0.717, 1.165) is 28.5 Å². The summed E-state index contributed by atoms with van der Waals surface area (Å²) in [5.74, 6) is 0.710. The molecule has 3 saturated carbocycles. The Labute approximate surface area is 206 Å². The number of benzene rings is 2. The number of nitrogens with one attached hydrogen (secondary N) is 1. The molecule has 7 heteroatoms. The minimum atomic E-state index is -0.515. The Kier molecular flexibility index (Phi) is 5.27. The zero-order valence-corrected chi connectivity index (χ0v) is 20.6. The number of furan rings is 1. The van der Waals surface area contributed by atoms with Gasteiger partial charge in [0.1, 0.15) is 5.58 Å². The average molecular weight is 472 g/mol. The fraction of sp³-hybridized carbons (Fsp3) is 0.464. The number of amides is 1. The Morgan fingerprint density at radius 2 is 2.00 bits per heavy atom. The van der Waals surface area contributed by atoms with Crippen molar-refractivity contribution < 1.29 is 18.5 Å². The molecule has 3 N–H and O–H groups in total. The molecular formula is C28H33BN2O4. The first kappa shape index (κ1) is 22.7. The quantitative estimate of drug-likeness (QED) is 0.406. The van der Waals surface area contributed by atoms with E-state index in [1.54, 1.807) is 6.26 Å². The number of carbonyl (C=O) groups excluding carboxylic acids is 1. The highest BCUT2D eigenvalue weighted by atomic mass is 16.7. The van der Waals surface area contributed by atoms with Gasteiger partial charge in [-0.15, -0.1) is 0 Å². The summed E-state index contributed by atoms with van der Waals surface area (Å²) in [5, 5.41) is 4.28. The van der Waals surface area contributed by atoms with Crippen molar-refractivity contribution in [1.29, 1.82) is 0 Å². The topological polar surface area (TPSA) is 86.7 Å². The van der Waals surface area contributed by atoms with Gasteiger partial charge < -0.3 is 24.8 Å². The maximum absolute atomic E-state index is 13.2. The summed E-state index contributed by atoms with van der Waals surface area (Å²) >= 11 is 0. The van der Waals surface area contributed by atoms with E-state index < -0.39 is 7.12 Å².